The largest absolute Gasteiger partial charge is 0.349 e. The van der Waals surface area contributed by atoms with E-state index >= 15 is 0 Å². The van der Waals surface area contributed by atoms with Gasteiger partial charge in [-0.25, -0.2) is 4.79 Å². The lowest BCUT2D eigenvalue weighted by atomic mass is 9.83. The maximum Gasteiger partial charge on any atom is 0.349 e. The monoisotopic (exact) mass is 443 g/mol. The van der Waals surface area contributed by atoms with Gasteiger partial charge in [-0.2, -0.15) is 14.8 Å². The third kappa shape index (κ3) is 3.55. The van der Waals surface area contributed by atoms with Crippen LogP contribution >= 0.6 is 23.2 Å². The Morgan fingerprint density at radius 2 is 1.73 bits per heavy atom. The Morgan fingerprint density at radius 1 is 1.07 bits per heavy atom. The van der Waals surface area contributed by atoms with Crippen LogP contribution in [0.1, 0.15) is 25.2 Å². The quantitative estimate of drug-likeness (QED) is 0.516. The van der Waals surface area contributed by atoms with E-state index < -0.39 is 16.7 Å². The van der Waals surface area contributed by atoms with Gasteiger partial charge in [-0.3, -0.25) is 9.78 Å². The first-order chi connectivity index (χ1) is 14.3. The standard InChI is InChI=1S/C20H15Cl2N5O3/c1-20(2,18-25-17(30-26-18)11-6-4-3-5-7-11)16-13(21)8-12(9-14(16)22)27-19(29)24-15(28)10-23-27/h3-10H,1-2H3,(H,24,28,29). The van der Waals surface area contributed by atoms with Gasteiger partial charge in [0.1, 0.15) is 6.20 Å². The van der Waals surface area contributed by atoms with Crippen LogP contribution in [-0.4, -0.2) is 24.9 Å². The minimum atomic E-state index is -0.799. The molecule has 0 atom stereocenters. The summed E-state index contributed by atoms with van der Waals surface area (Å²) in [6.45, 7) is 3.73. The van der Waals surface area contributed by atoms with Crippen LogP contribution < -0.4 is 11.2 Å². The van der Waals surface area contributed by atoms with E-state index in [4.69, 9.17) is 27.7 Å². The van der Waals surface area contributed by atoms with E-state index in [2.05, 4.69) is 20.2 Å². The predicted octanol–water partition coefficient (Wildman–Crippen LogP) is 3.60. The smallest absolute Gasteiger partial charge is 0.334 e. The van der Waals surface area contributed by atoms with Crippen molar-refractivity contribution in [3.8, 4) is 17.1 Å². The second-order valence-corrected chi connectivity index (χ2v) is 7.86. The average molecular weight is 444 g/mol. The first-order valence-electron chi connectivity index (χ1n) is 8.85. The SMILES string of the molecule is CC(C)(c1noc(-c2ccccc2)n1)c1c(Cl)cc(-n2ncc(=O)[nH]c2=O)cc1Cl. The summed E-state index contributed by atoms with van der Waals surface area (Å²) in [5.74, 6) is 0.781. The summed E-state index contributed by atoms with van der Waals surface area (Å²) < 4.78 is 6.42. The molecule has 0 aliphatic heterocycles. The van der Waals surface area contributed by atoms with Gasteiger partial charge < -0.3 is 4.52 Å². The molecular formula is C20H15Cl2N5O3. The zero-order valence-electron chi connectivity index (χ0n) is 15.9. The molecule has 8 nitrogen and oxygen atoms in total. The molecule has 2 aromatic heterocycles. The first kappa shape index (κ1) is 20.1. The Morgan fingerprint density at radius 3 is 2.37 bits per heavy atom. The van der Waals surface area contributed by atoms with Crippen molar-refractivity contribution in [1.82, 2.24) is 24.9 Å². The van der Waals surface area contributed by atoms with Crippen molar-refractivity contribution in [2.45, 2.75) is 19.3 Å². The number of hydrogen-bond acceptors (Lipinski definition) is 6. The van der Waals surface area contributed by atoms with Gasteiger partial charge in [0.2, 0.25) is 0 Å². The summed E-state index contributed by atoms with van der Waals surface area (Å²) in [6.07, 6.45) is 0.992. The number of nitrogens with zero attached hydrogens (tertiary/aromatic N) is 4. The van der Waals surface area contributed by atoms with Gasteiger partial charge in [0.05, 0.1) is 11.1 Å². The highest BCUT2D eigenvalue weighted by atomic mass is 35.5. The van der Waals surface area contributed by atoms with Gasteiger partial charge in [0, 0.05) is 21.2 Å². The number of aromatic amines is 1. The molecule has 0 aliphatic rings. The molecule has 0 amide bonds. The van der Waals surface area contributed by atoms with Crippen LogP contribution in [0.5, 0.6) is 0 Å². The number of halogens is 2. The molecule has 0 saturated heterocycles. The molecule has 0 radical (unpaired) electrons. The molecule has 0 spiro atoms. The number of hydrogen-bond donors (Lipinski definition) is 1. The highest BCUT2D eigenvalue weighted by Crippen LogP contribution is 2.40. The van der Waals surface area contributed by atoms with Gasteiger partial charge in [-0.05, 0) is 38.1 Å². The van der Waals surface area contributed by atoms with Crippen molar-refractivity contribution in [3.05, 3.63) is 90.9 Å². The van der Waals surface area contributed by atoms with Crippen molar-refractivity contribution < 1.29 is 4.52 Å². The van der Waals surface area contributed by atoms with Crippen LogP contribution in [0.3, 0.4) is 0 Å². The summed E-state index contributed by atoms with van der Waals surface area (Å²) in [7, 11) is 0. The number of nitrogens with one attached hydrogen (secondary N) is 1. The minimum absolute atomic E-state index is 0.286. The fraction of sp³-hybridized carbons (Fsp3) is 0.150. The van der Waals surface area contributed by atoms with Crippen LogP contribution in [0.25, 0.3) is 17.1 Å². The normalized spacial score (nSPS) is 11.6. The molecule has 10 heteroatoms. The number of benzene rings is 2. The van der Waals surface area contributed by atoms with Crippen molar-refractivity contribution in [2.24, 2.45) is 0 Å². The Labute approximate surface area is 180 Å². The maximum absolute atomic E-state index is 12.0. The molecule has 152 valence electrons. The number of rotatable bonds is 4. The first-order valence-corrected chi connectivity index (χ1v) is 9.61. The van der Waals surface area contributed by atoms with Crippen molar-refractivity contribution in [2.75, 3.05) is 0 Å². The van der Waals surface area contributed by atoms with E-state index in [9.17, 15) is 9.59 Å². The molecule has 0 aliphatic carbocycles. The summed E-state index contributed by atoms with van der Waals surface area (Å²) in [6, 6.07) is 12.5. The molecule has 0 unspecified atom stereocenters. The lowest BCUT2D eigenvalue weighted by Crippen LogP contribution is -2.30. The highest BCUT2D eigenvalue weighted by molar-refractivity contribution is 6.36. The lowest BCUT2D eigenvalue weighted by Gasteiger charge is -2.24. The average Bonchev–Trinajstić information content (AvgIpc) is 3.19. The Balaban J connectivity index is 1.77. The Hall–Kier alpha value is -3.23. The van der Waals surface area contributed by atoms with Crippen LogP contribution in [0.4, 0.5) is 0 Å². The summed E-state index contributed by atoms with van der Waals surface area (Å²) in [5.41, 5.74) is -0.434. The molecule has 0 bridgehead atoms. The van der Waals surface area contributed by atoms with Gasteiger partial charge in [-0.15, -0.1) is 0 Å². The van der Waals surface area contributed by atoms with Gasteiger partial charge >= 0.3 is 5.69 Å². The fourth-order valence-corrected chi connectivity index (χ4v) is 4.05. The topological polar surface area (TPSA) is 107 Å². The number of H-pyrrole nitrogens is 1. The Kier molecular flexibility index (Phi) is 5.05. The third-order valence-corrected chi connectivity index (χ3v) is 5.21. The minimum Gasteiger partial charge on any atom is -0.334 e. The van der Waals surface area contributed by atoms with Gasteiger partial charge in [0.15, 0.2) is 5.82 Å². The van der Waals surface area contributed by atoms with Crippen LogP contribution in [0.2, 0.25) is 10.0 Å². The van der Waals surface area contributed by atoms with E-state index in [1.165, 1.54) is 12.1 Å². The summed E-state index contributed by atoms with van der Waals surface area (Å²) in [4.78, 5) is 29.9. The molecule has 4 aromatic rings. The molecule has 1 N–H and O–H groups in total. The van der Waals surface area contributed by atoms with Crippen LogP contribution in [-0.2, 0) is 5.41 Å². The molecule has 30 heavy (non-hydrogen) atoms. The summed E-state index contributed by atoms with van der Waals surface area (Å²) in [5, 5.41) is 8.51. The molecule has 0 fully saturated rings. The maximum atomic E-state index is 12.0. The lowest BCUT2D eigenvalue weighted by molar-refractivity contribution is 0.408. The molecule has 4 rings (SSSR count). The molecule has 2 heterocycles. The van der Waals surface area contributed by atoms with E-state index in [-0.39, 0.29) is 10.0 Å². The van der Waals surface area contributed by atoms with Gasteiger partial charge in [-0.1, -0.05) is 46.6 Å². The van der Waals surface area contributed by atoms with E-state index in [0.29, 0.717) is 23.0 Å². The van der Waals surface area contributed by atoms with Crippen molar-refractivity contribution in [1.29, 1.82) is 0 Å². The van der Waals surface area contributed by atoms with Crippen LogP contribution in [0.15, 0.2) is 62.8 Å². The predicted molar refractivity (Wildman–Crippen MR) is 112 cm³/mol. The second-order valence-electron chi connectivity index (χ2n) is 7.05. The third-order valence-electron chi connectivity index (χ3n) is 4.62. The van der Waals surface area contributed by atoms with Gasteiger partial charge in [0.25, 0.3) is 11.4 Å². The Bertz CT molecular complexity index is 1320. The molecule has 2 aromatic carbocycles. The van der Waals surface area contributed by atoms with Crippen molar-refractivity contribution >= 4 is 23.2 Å². The van der Waals surface area contributed by atoms with Crippen LogP contribution in [0, 0.1) is 0 Å². The van der Waals surface area contributed by atoms with E-state index in [1.807, 2.05) is 44.2 Å². The number of aromatic nitrogens is 5. The fourth-order valence-electron chi connectivity index (χ4n) is 3.10. The van der Waals surface area contributed by atoms with E-state index in [1.54, 1.807) is 0 Å². The summed E-state index contributed by atoms with van der Waals surface area (Å²) >= 11 is 13.1. The molecule has 0 saturated carbocycles. The zero-order valence-corrected chi connectivity index (χ0v) is 17.4. The highest BCUT2D eigenvalue weighted by Gasteiger charge is 2.34. The van der Waals surface area contributed by atoms with E-state index in [0.717, 1.165) is 16.4 Å². The zero-order chi connectivity index (χ0) is 21.5. The molecular weight excluding hydrogens is 429 g/mol. The second kappa shape index (κ2) is 7.55. The van der Waals surface area contributed by atoms with Crippen molar-refractivity contribution in [3.63, 3.8) is 0 Å².